The van der Waals surface area contributed by atoms with Gasteiger partial charge in [-0.25, -0.2) is 0 Å². The molecule has 15 heavy (non-hydrogen) atoms. The van der Waals surface area contributed by atoms with Gasteiger partial charge < -0.3 is 4.74 Å². The van der Waals surface area contributed by atoms with Gasteiger partial charge in [0.2, 0.25) is 0 Å². The molecule has 1 unspecified atom stereocenters. The minimum atomic E-state index is 0.246. The second-order valence-corrected chi connectivity index (χ2v) is 3.90. The van der Waals surface area contributed by atoms with Crippen LogP contribution in [0.15, 0.2) is 48.1 Å². The van der Waals surface area contributed by atoms with Gasteiger partial charge in [-0.2, -0.15) is 0 Å². The average molecular weight is 200 g/mol. The molecule has 78 valence electrons. The molecule has 0 aliphatic carbocycles. The smallest absolute Gasteiger partial charge is 0.0800 e. The molecule has 1 aromatic carbocycles. The molecule has 1 heteroatoms. The zero-order valence-corrected chi connectivity index (χ0v) is 9.02. The van der Waals surface area contributed by atoms with Gasteiger partial charge >= 0.3 is 0 Å². The summed E-state index contributed by atoms with van der Waals surface area (Å²) in [5.74, 6) is 0. The van der Waals surface area contributed by atoms with Crippen LogP contribution in [0, 0.1) is 0 Å². The maximum Gasteiger partial charge on any atom is 0.0800 e. The van der Waals surface area contributed by atoms with Gasteiger partial charge in [0, 0.05) is 0 Å². The normalized spacial score (nSPS) is 21.7. The molecule has 0 fully saturated rings. The van der Waals surface area contributed by atoms with E-state index in [0.29, 0.717) is 0 Å². The standard InChI is InChI=1S/C14H16O/c1-12-9-10-15-14(11-12)8-7-13-5-3-2-4-6-13/h2-9,14H,10-11H2,1H3/b8-7+. The summed E-state index contributed by atoms with van der Waals surface area (Å²) < 4.78 is 5.61. The fraction of sp³-hybridized carbons (Fsp3) is 0.286. The lowest BCUT2D eigenvalue weighted by Gasteiger charge is -2.18. The van der Waals surface area contributed by atoms with Crippen molar-refractivity contribution >= 4 is 6.08 Å². The van der Waals surface area contributed by atoms with Crippen LogP contribution in [0.1, 0.15) is 18.9 Å². The summed E-state index contributed by atoms with van der Waals surface area (Å²) in [6.07, 6.45) is 7.68. The highest BCUT2D eigenvalue weighted by Gasteiger charge is 2.09. The van der Waals surface area contributed by atoms with Crippen molar-refractivity contribution in [3.63, 3.8) is 0 Å². The van der Waals surface area contributed by atoms with Gasteiger partial charge in [0.25, 0.3) is 0 Å². The lowest BCUT2D eigenvalue weighted by molar-refractivity contribution is 0.0994. The molecule has 1 aromatic rings. The van der Waals surface area contributed by atoms with Crippen molar-refractivity contribution in [2.45, 2.75) is 19.4 Å². The van der Waals surface area contributed by atoms with Crippen molar-refractivity contribution in [2.75, 3.05) is 6.61 Å². The average Bonchev–Trinajstić information content (AvgIpc) is 2.28. The van der Waals surface area contributed by atoms with E-state index < -0.39 is 0 Å². The third-order valence-electron chi connectivity index (χ3n) is 2.57. The van der Waals surface area contributed by atoms with Gasteiger partial charge in [-0.1, -0.05) is 54.1 Å². The van der Waals surface area contributed by atoms with Gasteiger partial charge in [-0.3, -0.25) is 0 Å². The second kappa shape index (κ2) is 4.94. The largest absolute Gasteiger partial charge is 0.370 e. The van der Waals surface area contributed by atoms with Crippen molar-refractivity contribution in [3.05, 3.63) is 53.6 Å². The Hall–Kier alpha value is -1.34. The lowest BCUT2D eigenvalue weighted by Crippen LogP contribution is -2.14. The topological polar surface area (TPSA) is 9.23 Å². The summed E-state index contributed by atoms with van der Waals surface area (Å²) in [6, 6.07) is 10.3. The van der Waals surface area contributed by atoms with Crippen molar-refractivity contribution in [1.29, 1.82) is 0 Å². The molecule has 1 aliphatic heterocycles. The first kappa shape index (κ1) is 10.2. The van der Waals surface area contributed by atoms with Crippen LogP contribution in [-0.4, -0.2) is 12.7 Å². The fourth-order valence-corrected chi connectivity index (χ4v) is 1.68. The van der Waals surface area contributed by atoms with Crippen LogP contribution >= 0.6 is 0 Å². The SMILES string of the molecule is CC1=CCOC(/C=C/c2ccccc2)C1. The molecular formula is C14H16O. The quantitative estimate of drug-likeness (QED) is 0.664. The van der Waals surface area contributed by atoms with Gasteiger partial charge in [0.05, 0.1) is 12.7 Å². The molecule has 0 amide bonds. The van der Waals surface area contributed by atoms with Gasteiger partial charge in [-0.15, -0.1) is 0 Å². The second-order valence-electron chi connectivity index (χ2n) is 3.90. The molecule has 0 radical (unpaired) electrons. The van der Waals surface area contributed by atoms with E-state index in [-0.39, 0.29) is 6.10 Å². The van der Waals surface area contributed by atoms with Crippen LogP contribution in [0.5, 0.6) is 0 Å². The number of ether oxygens (including phenoxy) is 1. The molecule has 1 atom stereocenters. The molecule has 0 N–H and O–H groups in total. The summed E-state index contributed by atoms with van der Waals surface area (Å²) in [5, 5.41) is 0. The van der Waals surface area contributed by atoms with Crippen LogP contribution in [0.25, 0.3) is 6.08 Å². The summed E-state index contributed by atoms with van der Waals surface area (Å²) in [5.41, 5.74) is 2.65. The third-order valence-corrected chi connectivity index (χ3v) is 2.57. The summed E-state index contributed by atoms with van der Waals surface area (Å²) in [7, 11) is 0. The Morgan fingerprint density at radius 2 is 2.07 bits per heavy atom. The monoisotopic (exact) mass is 200 g/mol. The van der Waals surface area contributed by atoms with E-state index in [1.807, 2.05) is 18.2 Å². The van der Waals surface area contributed by atoms with Crippen LogP contribution in [-0.2, 0) is 4.74 Å². The molecule has 0 aromatic heterocycles. The van der Waals surface area contributed by atoms with E-state index in [4.69, 9.17) is 4.74 Å². The van der Waals surface area contributed by atoms with Crippen molar-refractivity contribution < 1.29 is 4.74 Å². The van der Waals surface area contributed by atoms with Crippen LogP contribution < -0.4 is 0 Å². The highest BCUT2D eigenvalue weighted by Crippen LogP contribution is 2.15. The Kier molecular flexibility index (Phi) is 3.36. The first-order chi connectivity index (χ1) is 7.34. The molecule has 1 aliphatic rings. The van der Waals surface area contributed by atoms with Gasteiger partial charge in [0.1, 0.15) is 0 Å². The minimum Gasteiger partial charge on any atom is -0.370 e. The molecule has 1 nitrogen and oxygen atoms in total. The number of hydrogen-bond donors (Lipinski definition) is 0. The fourth-order valence-electron chi connectivity index (χ4n) is 1.68. The predicted molar refractivity (Wildman–Crippen MR) is 63.6 cm³/mol. The first-order valence-electron chi connectivity index (χ1n) is 5.35. The zero-order valence-electron chi connectivity index (χ0n) is 9.02. The van der Waals surface area contributed by atoms with Crippen molar-refractivity contribution in [3.8, 4) is 0 Å². The molecule has 0 saturated carbocycles. The highest BCUT2D eigenvalue weighted by molar-refractivity contribution is 5.49. The lowest BCUT2D eigenvalue weighted by atomic mass is 10.1. The minimum absolute atomic E-state index is 0.246. The number of rotatable bonds is 2. The van der Waals surface area contributed by atoms with Gasteiger partial charge in [-0.05, 0) is 18.9 Å². The van der Waals surface area contributed by atoms with Gasteiger partial charge in [0.15, 0.2) is 0 Å². The van der Waals surface area contributed by atoms with Crippen LogP contribution in [0.3, 0.4) is 0 Å². The van der Waals surface area contributed by atoms with E-state index >= 15 is 0 Å². The summed E-state index contributed by atoms with van der Waals surface area (Å²) >= 11 is 0. The third kappa shape index (κ3) is 3.07. The number of benzene rings is 1. The molecule has 2 rings (SSSR count). The molecule has 0 saturated heterocycles. The predicted octanol–water partition coefficient (Wildman–Crippen LogP) is 3.44. The maximum absolute atomic E-state index is 5.61. The molecule has 1 heterocycles. The van der Waals surface area contributed by atoms with Crippen molar-refractivity contribution in [1.82, 2.24) is 0 Å². The zero-order chi connectivity index (χ0) is 10.5. The Balaban J connectivity index is 1.98. The van der Waals surface area contributed by atoms with E-state index in [9.17, 15) is 0 Å². The van der Waals surface area contributed by atoms with E-state index in [1.165, 1.54) is 11.1 Å². The van der Waals surface area contributed by atoms with E-state index in [2.05, 4.69) is 37.3 Å². The first-order valence-corrected chi connectivity index (χ1v) is 5.35. The summed E-state index contributed by atoms with van der Waals surface area (Å²) in [6.45, 7) is 2.90. The Morgan fingerprint density at radius 3 is 2.80 bits per heavy atom. The number of hydrogen-bond acceptors (Lipinski definition) is 1. The molecular weight excluding hydrogens is 184 g/mol. The Morgan fingerprint density at radius 1 is 1.27 bits per heavy atom. The Bertz CT molecular complexity index is 362. The Labute approximate surface area is 91.1 Å². The molecule has 0 spiro atoms. The maximum atomic E-state index is 5.61. The molecule has 0 bridgehead atoms. The van der Waals surface area contributed by atoms with Crippen molar-refractivity contribution in [2.24, 2.45) is 0 Å². The van der Waals surface area contributed by atoms with E-state index in [1.54, 1.807) is 0 Å². The van der Waals surface area contributed by atoms with Crippen LogP contribution in [0.2, 0.25) is 0 Å². The van der Waals surface area contributed by atoms with Crippen LogP contribution in [0.4, 0.5) is 0 Å². The van der Waals surface area contributed by atoms with E-state index in [0.717, 1.165) is 13.0 Å². The highest BCUT2D eigenvalue weighted by atomic mass is 16.5. The summed E-state index contributed by atoms with van der Waals surface area (Å²) in [4.78, 5) is 0.